The molecule has 0 heterocycles. The lowest BCUT2D eigenvalue weighted by Gasteiger charge is -2.27. The Morgan fingerprint density at radius 2 is 2.20 bits per heavy atom. The minimum atomic E-state index is -0.897. The number of carbonyl (C=O) groups is 1. The molecule has 0 aromatic heterocycles. The lowest BCUT2D eigenvalue weighted by molar-refractivity contribution is -0.122. The van der Waals surface area contributed by atoms with E-state index in [0.717, 1.165) is 0 Å². The zero-order chi connectivity index (χ0) is 15.3. The van der Waals surface area contributed by atoms with E-state index < -0.39 is 5.54 Å². The summed E-state index contributed by atoms with van der Waals surface area (Å²) >= 11 is 6.09. The first kappa shape index (κ1) is 16.3. The fourth-order valence-electron chi connectivity index (χ4n) is 1.70. The van der Waals surface area contributed by atoms with Crippen molar-refractivity contribution in [3.63, 3.8) is 0 Å². The average molecular weight is 295 g/mol. The van der Waals surface area contributed by atoms with Crippen molar-refractivity contribution < 1.29 is 9.53 Å². The van der Waals surface area contributed by atoms with E-state index >= 15 is 0 Å². The number of nitrogens with one attached hydrogen (secondary N) is 1. The standard InChI is InChI=1S/C15H19ClN2O2/c1-10(2)15(3,9-17)18-14(19)8-11-12(16)6-5-7-13(11)20-4/h5-7,10H,8H2,1-4H3,(H,18,19). The number of rotatable bonds is 5. The number of benzene rings is 1. The molecular formula is C15H19ClN2O2. The van der Waals surface area contributed by atoms with Crippen molar-refractivity contribution in [2.45, 2.75) is 32.7 Å². The van der Waals surface area contributed by atoms with Crippen LogP contribution in [-0.2, 0) is 11.2 Å². The molecule has 0 aliphatic heterocycles. The van der Waals surface area contributed by atoms with Crippen LogP contribution in [0.5, 0.6) is 5.75 Å². The molecule has 0 spiro atoms. The predicted molar refractivity (Wildman–Crippen MR) is 78.7 cm³/mol. The minimum Gasteiger partial charge on any atom is -0.496 e. The van der Waals surface area contributed by atoms with Gasteiger partial charge in [0.25, 0.3) is 0 Å². The third-order valence-electron chi connectivity index (χ3n) is 3.42. The highest BCUT2D eigenvalue weighted by Gasteiger charge is 2.30. The molecule has 0 saturated carbocycles. The fraction of sp³-hybridized carbons (Fsp3) is 0.467. The summed E-state index contributed by atoms with van der Waals surface area (Å²) in [4.78, 5) is 12.1. The lowest BCUT2D eigenvalue weighted by Crippen LogP contribution is -2.49. The van der Waals surface area contributed by atoms with Crippen molar-refractivity contribution in [3.8, 4) is 11.8 Å². The van der Waals surface area contributed by atoms with Gasteiger partial charge in [0, 0.05) is 10.6 Å². The first-order valence-electron chi connectivity index (χ1n) is 6.37. The van der Waals surface area contributed by atoms with E-state index in [0.29, 0.717) is 16.3 Å². The Bertz CT molecular complexity index is 537. The molecule has 0 radical (unpaired) electrons. The number of hydrogen-bond donors (Lipinski definition) is 1. The van der Waals surface area contributed by atoms with Crippen molar-refractivity contribution in [1.82, 2.24) is 5.32 Å². The Balaban J connectivity index is 2.90. The molecule has 0 fully saturated rings. The lowest BCUT2D eigenvalue weighted by atomic mass is 9.90. The van der Waals surface area contributed by atoms with E-state index in [1.807, 2.05) is 13.8 Å². The summed E-state index contributed by atoms with van der Waals surface area (Å²) in [6, 6.07) is 7.36. The number of amides is 1. The summed E-state index contributed by atoms with van der Waals surface area (Å²) in [6.07, 6.45) is 0.0762. The molecule has 0 saturated heterocycles. The summed E-state index contributed by atoms with van der Waals surface area (Å²) in [5.74, 6) is 0.314. The second kappa shape index (κ2) is 6.62. The van der Waals surface area contributed by atoms with Gasteiger partial charge in [0.1, 0.15) is 11.3 Å². The Morgan fingerprint density at radius 1 is 1.55 bits per heavy atom. The molecular weight excluding hydrogens is 276 g/mol. The highest BCUT2D eigenvalue weighted by atomic mass is 35.5. The number of hydrogen-bond acceptors (Lipinski definition) is 3. The normalized spacial score (nSPS) is 13.4. The summed E-state index contributed by atoms with van der Waals surface area (Å²) in [5.41, 5.74) is -0.274. The van der Waals surface area contributed by atoms with Gasteiger partial charge in [-0.05, 0) is 25.0 Å². The molecule has 1 aromatic rings. The van der Waals surface area contributed by atoms with Gasteiger partial charge in [-0.2, -0.15) is 5.26 Å². The van der Waals surface area contributed by atoms with Gasteiger partial charge >= 0.3 is 0 Å². The monoisotopic (exact) mass is 294 g/mol. The van der Waals surface area contributed by atoms with Crippen LogP contribution in [0.1, 0.15) is 26.3 Å². The van der Waals surface area contributed by atoms with Crippen LogP contribution in [0.2, 0.25) is 5.02 Å². The minimum absolute atomic E-state index is 0.00425. The van der Waals surface area contributed by atoms with Crippen LogP contribution in [-0.4, -0.2) is 18.6 Å². The van der Waals surface area contributed by atoms with Crippen LogP contribution in [0.25, 0.3) is 0 Å². The van der Waals surface area contributed by atoms with E-state index in [9.17, 15) is 10.1 Å². The second-order valence-corrected chi connectivity index (χ2v) is 5.52. The molecule has 1 amide bonds. The number of ether oxygens (including phenoxy) is 1. The number of methoxy groups -OCH3 is 1. The van der Waals surface area contributed by atoms with E-state index in [-0.39, 0.29) is 18.2 Å². The number of carbonyl (C=O) groups excluding carboxylic acids is 1. The zero-order valence-corrected chi connectivity index (χ0v) is 12.9. The first-order chi connectivity index (χ1) is 9.34. The maximum atomic E-state index is 12.1. The molecule has 20 heavy (non-hydrogen) atoms. The van der Waals surface area contributed by atoms with Crippen LogP contribution in [0.15, 0.2) is 18.2 Å². The summed E-state index contributed by atoms with van der Waals surface area (Å²) in [5, 5.41) is 12.4. The van der Waals surface area contributed by atoms with Crippen molar-refractivity contribution in [1.29, 1.82) is 5.26 Å². The van der Waals surface area contributed by atoms with Gasteiger partial charge in [0.2, 0.25) is 5.91 Å². The van der Waals surface area contributed by atoms with Crippen LogP contribution >= 0.6 is 11.6 Å². The second-order valence-electron chi connectivity index (χ2n) is 5.11. The van der Waals surface area contributed by atoms with Crippen molar-refractivity contribution in [3.05, 3.63) is 28.8 Å². The smallest absolute Gasteiger partial charge is 0.225 e. The van der Waals surface area contributed by atoms with Crippen molar-refractivity contribution >= 4 is 17.5 Å². The highest BCUT2D eigenvalue weighted by Crippen LogP contribution is 2.27. The zero-order valence-electron chi connectivity index (χ0n) is 12.2. The Labute approximate surface area is 124 Å². The Hall–Kier alpha value is -1.73. The van der Waals surface area contributed by atoms with E-state index in [1.54, 1.807) is 25.1 Å². The van der Waals surface area contributed by atoms with Gasteiger partial charge in [0.05, 0.1) is 19.6 Å². The Kier molecular flexibility index (Phi) is 5.41. The van der Waals surface area contributed by atoms with Crippen LogP contribution in [0, 0.1) is 17.2 Å². The molecule has 0 aliphatic carbocycles. The van der Waals surface area contributed by atoms with Gasteiger partial charge < -0.3 is 10.1 Å². The largest absolute Gasteiger partial charge is 0.496 e. The Morgan fingerprint density at radius 3 is 2.70 bits per heavy atom. The van der Waals surface area contributed by atoms with Gasteiger partial charge in [-0.3, -0.25) is 4.79 Å². The average Bonchev–Trinajstić information content (AvgIpc) is 2.40. The molecule has 4 nitrogen and oxygen atoms in total. The van der Waals surface area contributed by atoms with Gasteiger partial charge in [-0.25, -0.2) is 0 Å². The topological polar surface area (TPSA) is 62.1 Å². The molecule has 1 atom stereocenters. The van der Waals surface area contributed by atoms with Crippen molar-refractivity contribution in [2.24, 2.45) is 5.92 Å². The summed E-state index contributed by atoms with van der Waals surface area (Å²) in [6.45, 7) is 5.48. The van der Waals surface area contributed by atoms with E-state index in [4.69, 9.17) is 16.3 Å². The molecule has 1 rings (SSSR count). The van der Waals surface area contributed by atoms with E-state index in [2.05, 4.69) is 11.4 Å². The van der Waals surface area contributed by atoms with Crippen molar-refractivity contribution in [2.75, 3.05) is 7.11 Å². The van der Waals surface area contributed by atoms with Gasteiger partial charge in [-0.15, -0.1) is 0 Å². The number of nitrogens with zero attached hydrogens (tertiary/aromatic N) is 1. The van der Waals surface area contributed by atoms with E-state index in [1.165, 1.54) is 7.11 Å². The fourth-order valence-corrected chi connectivity index (χ4v) is 1.93. The number of nitriles is 1. The van der Waals surface area contributed by atoms with Gasteiger partial charge in [-0.1, -0.05) is 31.5 Å². The molecule has 1 N–H and O–H groups in total. The molecule has 0 aliphatic rings. The quantitative estimate of drug-likeness (QED) is 0.908. The summed E-state index contributed by atoms with van der Waals surface area (Å²) in [7, 11) is 1.53. The molecule has 1 aromatic carbocycles. The molecule has 1 unspecified atom stereocenters. The third-order valence-corrected chi connectivity index (χ3v) is 3.77. The predicted octanol–water partition coefficient (Wildman–Crippen LogP) is 2.95. The van der Waals surface area contributed by atoms with Crippen LogP contribution < -0.4 is 10.1 Å². The molecule has 0 bridgehead atoms. The first-order valence-corrected chi connectivity index (χ1v) is 6.75. The van der Waals surface area contributed by atoms with Gasteiger partial charge in [0.15, 0.2) is 0 Å². The third kappa shape index (κ3) is 3.64. The summed E-state index contributed by atoms with van der Waals surface area (Å²) < 4.78 is 5.20. The van der Waals surface area contributed by atoms with Crippen LogP contribution in [0.3, 0.4) is 0 Å². The molecule has 108 valence electrons. The SMILES string of the molecule is COc1cccc(Cl)c1CC(=O)NC(C)(C#N)C(C)C. The number of halogens is 1. The van der Waals surface area contributed by atoms with Crippen LogP contribution in [0.4, 0.5) is 0 Å². The molecule has 5 heteroatoms. The maximum Gasteiger partial charge on any atom is 0.225 e. The highest BCUT2D eigenvalue weighted by molar-refractivity contribution is 6.31. The maximum absolute atomic E-state index is 12.1.